The van der Waals surface area contributed by atoms with Crippen molar-refractivity contribution >= 4 is 0 Å². The zero-order valence-corrected chi connectivity index (χ0v) is 20.4. The molecule has 4 aliphatic carbocycles. The van der Waals surface area contributed by atoms with E-state index < -0.39 is 12.2 Å². The van der Waals surface area contributed by atoms with E-state index >= 15 is 0 Å². The third kappa shape index (κ3) is 2.81. The smallest absolute Gasteiger partial charge is 0.171 e. The molecule has 0 radical (unpaired) electrons. The van der Waals surface area contributed by atoms with Crippen LogP contribution in [0, 0.1) is 52.3 Å². The van der Waals surface area contributed by atoms with E-state index in [0.717, 1.165) is 25.9 Å². The summed E-state index contributed by atoms with van der Waals surface area (Å²) in [6.45, 7) is 10.3. The molecule has 0 bridgehead atoms. The fourth-order valence-corrected chi connectivity index (χ4v) is 10.3. The number of fused-ring (bicyclic) bond motifs is 7. The number of hydrogen-bond donors (Lipinski definition) is 3. The molecule has 1 unspecified atom stereocenters. The maximum absolute atomic E-state index is 11.3. The highest BCUT2D eigenvalue weighted by Gasteiger charge is 2.70. The fourth-order valence-electron chi connectivity index (χ4n) is 10.3. The predicted molar refractivity (Wildman–Crippen MR) is 121 cm³/mol. The van der Waals surface area contributed by atoms with Gasteiger partial charge < -0.3 is 24.8 Å². The molecule has 6 fully saturated rings. The molecule has 5 heteroatoms. The molecule has 14 atom stereocenters. The van der Waals surface area contributed by atoms with Crippen LogP contribution >= 0.6 is 0 Å². The maximum Gasteiger partial charge on any atom is 0.171 e. The van der Waals surface area contributed by atoms with Crippen LogP contribution in [0.4, 0.5) is 0 Å². The highest BCUT2D eigenvalue weighted by atomic mass is 16.7. The predicted octanol–water partition coefficient (Wildman–Crippen LogP) is 3.74. The van der Waals surface area contributed by atoms with Crippen LogP contribution in [-0.2, 0) is 9.47 Å². The van der Waals surface area contributed by atoms with E-state index in [1.165, 1.54) is 19.3 Å². The van der Waals surface area contributed by atoms with Crippen LogP contribution < -0.4 is 0 Å². The minimum Gasteiger partial charge on any atom is -0.393 e. The van der Waals surface area contributed by atoms with Gasteiger partial charge in [-0.05, 0) is 91.3 Å². The highest BCUT2D eigenvalue weighted by Crippen LogP contribution is 2.71. The summed E-state index contributed by atoms with van der Waals surface area (Å²) in [5.41, 5.74) is 0.146. The molecule has 6 aliphatic rings. The molecular formula is C27H44O5. The monoisotopic (exact) mass is 448 g/mol. The molecule has 0 amide bonds. The Kier molecular flexibility index (Phi) is 4.99. The second-order valence-electron chi connectivity index (χ2n) is 13.4. The van der Waals surface area contributed by atoms with Crippen LogP contribution in [0.5, 0.6) is 0 Å². The van der Waals surface area contributed by atoms with Gasteiger partial charge in [0, 0.05) is 12.3 Å². The van der Waals surface area contributed by atoms with Crippen molar-refractivity contribution in [1.82, 2.24) is 0 Å². The van der Waals surface area contributed by atoms with Crippen molar-refractivity contribution in [1.29, 1.82) is 0 Å². The molecule has 2 heterocycles. The first-order valence-electron chi connectivity index (χ1n) is 13.4. The largest absolute Gasteiger partial charge is 0.393 e. The summed E-state index contributed by atoms with van der Waals surface area (Å²) in [5, 5.41) is 32.1. The SMILES string of the molecule is C[C@H]1CCC2(OC1)O[C@H]1C[C@H]3[C@@H]4C[C@@H](O)[C@H]5C[C@@H](O)[C@H](O)C[C@]5(C)[C@H]4CC[C@]3(C)[C@H]1[C@@H]2C. The Bertz CT molecular complexity index is 748. The first kappa shape index (κ1) is 22.3. The molecule has 6 rings (SSSR count). The summed E-state index contributed by atoms with van der Waals surface area (Å²) in [6.07, 6.45) is 6.22. The topological polar surface area (TPSA) is 79.2 Å². The quantitative estimate of drug-likeness (QED) is 0.526. The normalized spacial score (nSPS) is 64.0. The Morgan fingerprint density at radius 3 is 2.28 bits per heavy atom. The number of hydrogen-bond acceptors (Lipinski definition) is 5. The van der Waals surface area contributed by atoms with E-state index in [4.69, 9.17) is 9.47 Å². The summed E-state index contributed by atoms with van der Waals surface area (Å²) in [6, 6.07) is 0. The van der Waals surface area contributed by atoms with Crippen molar-refractivity contribution in [3.05, 3.63) is 0 Å². The molecule has 2 saturated heterocycles. The molecule has 4 saturated carbocycles. The average molecular weight is 449 g/mol. The summed E-state index contributed by atoms with van der Waals surface area (Å²) < 4.78 is 13.3. The van der Waals surface area contributed by atoms with Gasteiger partial charge in [0.2, 0.25) is 0 Å². The number of ether oxygens (including phenoxy) is 2. The zero-order chi connectivity index (χ0) is 22.6. The van der Waals surface area contributed by atoms with Crippen molar-refractivity contribution in [3.63, 3.8) is 0 Å². The second kappa shape index (κ2) is 7.16. The molecule has 32 heavy (non-hydrogen) atoms. The lowest BCUT2D eigenvalue weighted by Gasteiger charge is -2.62. The Hall–Kier alpha value is -0.200. The lowest BCUT2D eigenvalue weighted by atomic mass is 9.43. The van der Waals surface area contributed by atoms with Gasteiger partial charge in [-0.2, -0.15) is 0 Å². The molecule has 1 spiro atoms. The van der Waals surface area contributed by atoms with E-state index in [1.807, 2.05) is 0 Å². The second-order valence-corrected chi connectivity index (χ2v) is 13.4. The van der Waals surface area contributed by atoms with E-state index in [2.05, 4.69) is 27.7 Å². The van der Waals surface area contributed by atoms with E-state index in [9.17, 15) is 15.3 Å². The number of rotatable bonds is 0. The van der Waals surface area contributed by atoms with Gasteiger partial charge in [0.25, 0.3) is 0 Å². The van der Waals surface area contributed by atoms with Gasteiger partial charge in [-0.15, -0.1) is 0 Å². The third-order valence-corrected chi connectivity index (χ3v) is 12.0. The lowest BCUT2D eigenvalue weighted by Crippen LogP contribution is -2.61. The van der Waals surface area contributed by atoms with Gasteiger partial charge in [0.15, 0.2) is 5.79 Å². The first-order chi connectivity index (χ1) is 15.1. The van der Waals surface area contributed by atoms with Crippen LogP contribution in [0.1, 0.15) is 79.1 Å². The Morgan fingerprint density at radius 1 is 0.781 bits per heavy atom. The van der Waals surface area contributed by atoms with Gasteiger partial charge in [0.1, 0.15) is 0 Å². The third-order valence-electron chi connectivity index (χ3n) is 12.0. The summed E-state index contributed by atoms with van der Waals surface area (Å²) in [5.74, 6) is 2.86. The van der Waals surface area contributed by atoms with E-state index in [0.29, 0.717) is 48.3 Å². The van der Waals surface area contributed by atoms with Gasteiger partial charge in [-0.1, -0.05) is 27.7 Å². The number of aliphatic hydroxyl groups excluding tert-OH is 3. The van der Waals surface area contributed by atoms with Crippen LogP contribution in [0.15, 0.2) is 0 Å². The van der Waals surface area contributed by atoms with Gasteiger partial charge in [-0.3, -0.25) is 0 Å². The zero-order valence-electron chi connectivity index (χ0n) is 20.4. The minimum absolute atomic E-state index is 0.0870. The molecule has 0 aromatic carbocycles. The molecule has 2 aliphatic heterocycles. The Morgan fingerprint density at radius 2 is 1.56 bits per heavy atom. The van der Waals surface area contributed by atoms with Crippen LogP contribution in [0.2, 0.25) is 0 Å². The van der Waals surface area contributed by atoms with Gasteiger partial charge >= 0.3 is 0 Å². The Balaban J connectivity index is 1.28. The van der Waals surface area contributed by atoms with Gasteiger partial charge in [0.05, 0.1) is 31.0 Å². The number of aliphatic hydroxyl groups is 3. The average Bonchev–Trinajstić information content (AvgIpc) is 3.18. The first-order valence-corrected chi connectivity index (χ1v) is 13.4. The van der Waals surface area contributed by atoms with Crippen LogP contribution in [-0.4, -0.2) is 52.1 Å². The standard InChI is InChI=1S/C27H44O5/c1-14-5-8-27(31-13-14)15(2)24-23(32-27)11-18-16-9-20(28)19-10-21(29)22(30)12-26(19,4)17(16)6-7-25(18,24)3/h14-24,28-30H,5-13H2,1-4H3/t14-,15-,16+,17-,18-,19+,20+,21+,22+,23-,24-,25-,26+,27?/m0/s1. The molecular weight excluding hydrogens is 404 g/mol. The van der Waals surface area contributed by atoms with Crippen LogP contribution in [0.25, 0.3) is 0 Å². The lowest BCUT2D eigenvalue weighted by molar-refractivity contribution is -0.273. The molecule has 5 nitrogen and oxygen atoms in total. The van der Waals surface area contributed by atoms with Crippen molar-refractivity contribution in [2.24, 2.45) is 52.3 Å². The Labute approximate surface area is 193 Å². The van der Waals surface area contributed by atoms with Crippen molar-refractivity contribution < 1.29 is 24.8 Å². The summed E-state index contributed by atoms with van der Waals surface area (Å²) in [7, 11) is 0. The van der Waals surface area contributed by atoms with Crippen LogP contribution in [0.3, 0.4) is 0 Å². The highest BCUT2D eigenvalue weighted by molar-refractivity contribution is 5.16. The minimum atomic E-state index is -0.692. The van der Waals surface area contributed by atoms with Crippen molar-refractivity contribution in [2.45, 2.75) is 109 Å². The summed E-state index contributed by atoms with van der Waals surface area (Å²) >= 11 is 0. The summed E-state index contributed by atoms with van der Waals surface area (Å²) in [4.78, 5) is 0. The fraction of sp³-hybridized carbons (Fsp3) is 1.00. The molecule has 3 N–H and O–H groups in total. The molecule has 0 aromatic rings. The van der Waals surface area contributed by atoms with E-state index in [1.54, 1.807) is 0 Å². The molecule has 0 aromatic heterocycles. The van der Waals surface area contributed by atoms with E-state index in [-0.39, 0.29) is 34.7 Å². The van der Waals surface area contributed by atoms with Crippen molar-refractivity contribution in [3.8, 4) is 0 Å². The maximum atomic E-state index is 11.3. The van der Waals surface area contributed by atoms with Gasteiger partial charge in [-0.25, -0.2) is 0 Å². The van der Waals surface area contributed by atoms with Crippen molar-refractivity contribution in [2.75, 3.05) is 6.61 Å². The molecule has 182 valence electrons.